The smallest absolute Gasteiger partial charge is 0.279 e. The molecular formula is C30H48F2N2O5. The fourth-order valence-corrected chi connectivity index (χ4v) is 4.68. The molecule has 3 fully saturated rings. The van der Waals surface area contributed by atoms with E-state index in [1.807, 2.05) is 0 Å². The minimum Gasteiger partial charge on any atom is -0.378 e. The number of carbonyl (C=O) groups is 1. The molecule has 7 nitrogen and oxygen atoms in total. The Bertz CT molecular complexity index is 730. The highest BCUT2D eigenvalue weighted by Gasteiger charge is 2.39. The monoisotopic (exact) mass is 554 g/mol. The van der Waals surface area contributed by atoms with E-state index in [4.69, 9.17) is 18.9 Å². The second kappa shape index (κ2) is 18.5. The molecule has 2 heterocycles. The number of amides is 1. The Morgan fingerprint density at radius 3 is 1.85 bits per heavy atom. The fraction of sp³-hybridized carbons (Fsp3) is 0.767. The van der Waals surface area contributed by atoms with E-state index in [9.17, 15) is 13.6 Å². The number of hydrogen-bond acceptors (Lipinski definition) is 6. The number of rotatable bonds is 19. The average molecular weight is 555 g/mol. The summed E-state index contributed by atoms with van der Waals surface area (Å²) in [6.07, 6.45) is 16.2. The molecule has 3 aliphatic rings. The minimum atomic E-state index is -0.769. The van der Waals surface area contributed by atoms with E-state index in [1.54, 1.807) is 0 Å². The zero-order valence-corrected chi connectivity index (χ0v) is 23.4. The van der Waals surface area contributed by atoms with Gasteiger partial charge in [0.15, 0.2) is 18.4 Å². The predicted octanol–water partition coefficient (Wildman–Crippen LogP) is 6.26. The molecule has 1 amide bonds. The number of ether oxygens (including phenoxy) is 4. The van der Waals surface area contributed by atoms with Crippen LogP contribution in [0, 0.1) is 0 Å². The summed E-state index contributed by atoms with van der Waals surface area (Å²) in [5, 5.41) is 5.65. The summed E-state index contributed by atoms with van der Waals surface area (Å²) in [5.41, 5.74) is 0.199. The number of halogens is 2. The summed E-state index contributed by atoms with van der Waals surface area (Å²) in [6.45, 7) is 6.62. The molecule has 39 heavy (non-hydrogen) atoms. The summed E-state index contributed by atoms with van der Waals surface area (Å²) < 4.78 is 51.0. The minimum absolute atomic E-state index is 0.0586. The third-order valence-corrected chi connectivity index (χ3v) is 7.20. The number of carbonyl (C=O) groups excluding carboxylic acids is 1. The van der Waals surface area contributed by atoms with Gasteiger partial charge in [0.1, 0.15) is 5.83 Å². The fourth-order valence-electron chi connectivity index (χ4n) is 4.68. The number of nitrogens with one attached hydrogen (secondary N) is 2. The summed E-state index contributed by atoms with van der Waals surface area (Å²) in [4.78, 5) is 12.1. The van der Waals surface area contributed by atoms with E-state index in [1.165, 1.54) is 12.2 Å². The summed E-state index contributed by atoms with van der Waals surface area (Å²) in [6, 6.07) is -0.366. The van der Waals surface area contributed by atoms with Crippen LogP contribution in [0.3, 0.4) is 0 Å². The van der Waals surface area contributed by atoms with Gasteiger partial charge in [0.05, 0.1) is 11.7 Å². The quantitative estimate of drug-likeness (QED) is 0.111. The number of unbranched alkanes of at least 4 members (excludes halogenated alkanes) is 6. The van der Waals surface area contributed by atoms with Crippen molar-refractivity contribution in [2.24, 2.45) is 0 Å². The van der Waals surface area contributed by atoms with Crippen molar-refractivity contribution in [1.82, 2.24) is 10.6 Å². The van der Waals surface area contributed by atoms with Crippen LogP contribution in [0.4, 0.5) is 8.78 Å². The van der Waals surface area contributed by atoms with E-state index < -0.39 is 11.7 Å². The molecule has 0 aromatic rings. The highest BCUT2D eigenvalue weighted by molar-refractivity contribution is 5.91. The standard InChI is InChI=1S/C30H48F2N2O5/c1-23(24(31)14-6-2-4-10-18-36-28-16-8-12-20-38-28)33-26-22-27(26)34-30(35)25(32)15-7-3-5-11-19-37-29-17-9-13-21-39-29/h14-15,26-29,33H,1-13,16-22H2,(H,34,35)/b24-14+,25-15+/t26-,27+,28?,29?/m0/s1. The molecule has 2 unspecified atom stereocenters. The van der Waals surface area contributed by atoms with E-state index in [0.717, 1.165) is 90.3 Å². The lowest BCUT2D eigenvalue weighted by molar-refractivity contribution is -0.163. The Morgan fingerprint density at radius 1 is 0.769 bits per heavy atom. The number of allylic oxidation sites excluding steroid dienone is 3. The maximum atomic E-state index is 14.4. The summed E-state index contributed by atoms with van der Waals surface area (Å²) >= 11 is 0. The molecule has 0 spiro atoms. The van der Waals surface area contributed by atoms with Crippen LogP contribution in [0.5, 0.6) is 0 Å². The van der Waals surface area contributed by atoms with Gasteiger partial charge in [-0.05, 0) is 95.6 Å². The first-order valence-corrected chi connectivity index (χ1v) is 15.0. The SMILES string of the molecule is C=C(N[C@H]1C[C@H]1NC(=O)/C(F)=C\CCCCCOC1CCCCO1)/C(F)=C\CCCCCOC1CCCCO1. The molecule has 0 aromatic carbocycles. The van der Waals surface area contributed by atoms with Crippen LogP contribution in [0.2, 0.25) is 0 Å². The highest BCUT2D eigenvalue weighted by Crippen LogP contribution is 2.25. The molecule has 2 aliphatic heterocycles. The molecular weight excluding hydrogens is 506 g/mol. The van der Waals surface area contributed by atoms with Crippen LogP contribution in [-0.4, -0.2) is 57.0 Å². The van der Waals surface area contributed by atoms with E-state index in [-0.39, 0.29) is 36.2 Å². The normalized spacial score (nSPS) is 25.8. The van der Waals surface area contributed by atoms with Crippen LogP contribution < -0.4 is 10.6 Å². The third-order valence-electron chi connectivity index (χ3n) is 7.20. The van der Waals surface area contributed by atoms with Crippen LogP contribution in [0.1, 0.15) is 96.3 Å². The Hall–Kier alpha value is -1.81. The summed E-state index contributed by atoms with van der Waals surface area (Å²) in [5.74, 6) is -1.88. The van der Waals surface area contributed by atoms with Crippen molar-refractivity contribution >= 4 is 5.91 Å². The Balaban J connectivity index is 1.17. The molecule has 1 aliphatic carbocycles. The Morgan fingerprint density at radius 2 is 1.31 bits per heavy atom. The molecule has 9 heteroatoms. The topological polar surface area (TPSA) is 78.1 Å². The van der Waals surface area contributed by atoms with E-state index >= 15 is 0 Å². The van der Waals surface area contributed by atoms with Crippen LogP contribution in [0.25, 0.3) is 0 Å². The molecule has 0 aromatic heterocycles. The predicted molar refractivity (Wildman–Crippen MR) is 147 cm³/mol. The molecule has 222 valence electrons. The van der Waals surface area contributed by atoms with Gasteiger partial charge in [-0.3, -0.25) is 4.79 Å². The van der Waals surface area contributed by atoms with Gasteiger partial charge in [-0.25, -0.2) is 8.78 Å². The molecule has 3 rings (SSSR count). The first-order chi connectivity index (χ1) is 19.0. The molecule has 4 atom stereocenters. The van der Waals surface area contributed by atoms with Gasteiger partial charge in [-0.15, -0.1) is 0 Å². The summed E-state index contributed by atoms with van der Waals surface area (Å²) in [7, 11) is 0. The number of hydrogen-bond donors (Lipinski definition) is 2. The van der Waals surface area contributed by atoms with Crippen molar-refractivity contribution in [3.05, 3.63) is 36.1 Å². The van der Waals surface area contributed by atoms with Crippen LogP contribution >= 0.6 is 0 Å². The first-order valence-electron chi connectivity index (χ1n) is 15.0. The van der Waals surface area contributed by atoms with Crippen LogP contribution in [-0.2, 0) is 23.7 Å². The molecule has 2 saturated heterocycles. The second-order valence-electron chi connectivity index (χ2n) is 10.7. The average Bonchev–Trinajstić information content (AvgIpc) is 3.69. The van der Waals surface area contributed by atoms with Gasteiger partial charge < -0.3 is 29.6 Å². The molecule has 1 saturated carbocycles. The van der Waals surface area contributed by atoms with Crippen molar-refractivity contribution in [1.29, 1.82) is 0 Å². The zero-order valence-electron chi connectivity index (χ0n) is 23.4. The maximum Gasteiger partial charge on any atom is 0.279 e. The van der Waals surface area contributed by atoms with Gasteiger partial charge in [0.25, 0.3) is 5.91 Å². The van der Waals surface area contributed by atoms with E-state index in [0.29, 0.717) is 32.5 Å². The lowest BCUT2D eigenvalue weighted by Gasteiger charge is -2.22. The van der Waals surface area contributed by atoms with Gasteiger partial charge in [-0.1, -0.05) is 19.4 Å². The lowest BCUT2D eigenvalue weighted by Crippen LogP contribution is -2.32. The van der Waals surface area contributed by atoms with Crippen molar-refractivity contribution in [3.8, 4) is 0 Å². The van der Waals surface area contributed by atoms with Crippen molar-refractivity contribution in [2.75, 3.05) is 26.4 Å². The molecule has 2 N–H and O–H groups in total. The molecule has 0 bridgehead atoms. The lowest BCUT2D eigenvalue weighted by atomic mass is 10.2. The van der Waals surface area contributed by atoms with Crippen LogP contribution in [0.15, 0.2) is 36.1 Å². The van der Waals surface area contributed by atoms with Crippen molar-refractivity contribution in [2.45, 2.75) is 121 Å². The highest BCUT2D eigenvalue weighted by atomic mass is 19.1. The van der Waals surface area contributed by atoms with Gasteiger partial charge in [0, 0.05) is 32.5 Å². The first kappa shape index (κ1) is 31.7. The second-order valence-corrected chi connectivity index (χ2v) is 10.7. The van der Waals surface area contributed by atoms with Gasteiger partial charge in [0.2, 0.25) is 0 Å². The third kappa shape index (κ3) is 13.4. The molecule has 0 radical (unpaired) electrons. The van der Waals surface area contributed by atoms with Gasteiger partial charge >= 0.3 is 0 Å². The maximum absolute atomic E-state index is 14.4. The van der Waals surface area contributed by atoms with Gasteiger partial charge in [-0.2, -0.15) is 0 Å². The van der Waals surface area contributed by atoms with Crippen molar-refractivity contribution < 1.29 is 32.5 Å². The van der Waals surface area contributed by atoms with Crippen molar-refractivity contribution in [3.63, 3.8) is 0 Å². The zero-order chi connectivity index (χ0) is 27.7. The largest absolute Gasteiger partial charge is 0.378 e. The Kier molecular flexibility index (Phi) is 15.1. The Labute approximate surface area is 232 Å². The van der Waals surface area contributed by atoms with E-state index in [2.05, 4.69) is 17.2 Å².